The van der Waals surface area contributed by atoms with Crippen LogP contribution in [0.15, 0.2) is 42.9 Å². The van der Waals surface area contributed by atoms with Crippen LogP contribution < -0.4 is 10.6 Å². The zero-order valence-corrected chi connectivity index (χ0v) is 13.2. The maximum atomic E-state index is 10.8. The maximum absolute atomic E-state index is 10.8. The number of hydrogen-bond donors (Lipinski definition) is 2. The van der Waals surface area contributed by atoms with Crippen LogP contribution in [0.2, 0.25) is 5.02 Å². The van der Waals surface area contributed by atoms with Crippen molar-refractivity contribution in [2.75, 3.05) is 10.6 Å². The average molecular weight is 346 g/mol. The number of hydrogen-bond acceptors (Lipinski definition) is 7. The molecule has 2 heterocycles. The van der Waals surface area contributed by atoms with Crippen molar-refractivity contribution in [3.63, 3.8) is 0 Å². The molecule has 0 bridgehead atoms. The first-order valence-electron chi connectivity index (χ1n) is 6.81. The first-order valence-corrected chi connectivity index (χ1v) is 7.19. The number of halogens is 1. The molecule has 3 rings (SSSR count). The van der Waals surface area contributed by atoms with Crippen LogP contribution in [0.25, 0.3) is 0 Å². The Balaban J connectivity index is 1.83. The molecule has 0 aliphatic carbocycles. The summed E-state index contributed by atoms with van der Waals surface area (Å²) in [6.07, 6.45) is 4.84. The van der Waals surface area contributed by atoms with Gasteiger partial charge in [0.2, 0.25) is 5.95 Å². The maximum Gasteiger partial charge on any atom is 0.271 e. The largest absolute Gasteiger partial charge is 0.336 e. The summed E-state index contributed by atoms with van der Waals surface area (Å²) in [6.45, 7) is 0. The first kappa shape index (κ1) is 15.7. The zero-order chi connectivity index (χ0) is 17.1. The molecule has 0 unspecified atom stereocenters. The SMILES string of the molecule is Cn1cc(Nc2nc(Nc3cccc([N+](=O)[O-])c3)ncc2Cl)cn1. The van der Waals surface area contributed by atoms with E-state index in [-0.39, 0.29) is 11.6 Å². The number of nitrogens with zero attached hydrogens (tertiary/aromatic N) is 5. The van der Waals surface area contributed by atoms with E-state index < -0.39 is 4.92 Å². The monoisotopic (exact) mass is 345 g/mol. The van der Waals surface area contributed by atoms with Crippen LogP contribution in [-0.4, -0.2) is 24.7 Å². The summed E-state index contributed by atoms with van der Waals surface area (Å²) in [4.78, 5) is 18.7. The Morgan fingerprint density at radius 3 is 2.79 bits per heavy atom. The molecular weight excluding hydrogens is 334 g/mol. The fourth-order valence-electron chi connectivity index (χ4n) is 1.96. The lowest BCUT2D eigenvalue weighted by Gasteiger charge is -2.08. The third kappa shape index (κ3) is 3.58. The Kier molecular flexibility index (Phi) is 4.25. The molecule has 10 heteroatoms. The van der Waals surface area contributed by atoms with Gasteiger partial charge in [-0.2, -0.15) is 10.1 Å². The van der Waals surface area contributed by atoms with Gasteiger partial charge in [0.25, 0.3) is 5.69 Å². The molecule has 122 valence electrons. The fraction of sp³-hybridized carbons (Fsp3) is 0.0714. The minimum absolute atomic E-state index is 0.0253. The molecule has 0 fully saturated rings. The summed E-state index contributed by atoms with van der Waals surface area (Å²) in [5.74, 6) is 0.652. The molecule has 1 aromatic carbocycles. The predicted molar refractivity (Wildman–Crippen MR) is 89.9 cm³/mol. The summed E-state index contributed by atoms with van der Waals surface area (Å²) in [7, 11) is 1.79. The van der Waals surface area contributed by atoms with Crippen LogP contribution in [0.3, 0.4) is 0 Å². The van der Waals surface area contributed by atoms with E-state index in [4.69, 9.17) is 11.6 Å². The van der Waals surface area contributed by atoms with Crippen molar-refractivity contribution in [1.82, 2.24) is 19.7 Å². The van der Waals surface area contributed by atoms with Crippen molar-refractivity contribution in [3.8, 4) is 0 Å². The Hall–Kier alpha value is -3.20. The van der Waals surface area contributed by atoms with Crippen molar-refractivity contribution in [2.24, 2.45) is 7.05 Å². The summed E-state index contributed by atoms with van der Waals surface area (Å²) < 4.78 is 1.64. The Morgan fingerprint density at radius 2 is 2.08 bits per heavy atom. The highest BCUT2D eigenvalue weighted by molar-refractivity contribution is 6.32. The second-order valence-corrected chi connectivity index (χ2v) is 5.26. The lowest BCUT2D eigenvalue weighted by atomic mass is 10.3. The van der Waals surface area contributed by atoms with Gasteiger partial charge >= 0.3 is 0 Å². The number of nitro groups is 1. The topological polar surface area (TPSA) is 111 Å². The lowest BCUT2D eigenvalue weighted by molar-refractivity contribution is -0.384. The van der Waals surface area contributed by atoms with Crippen molar-refractivity contribution in [3.05, 3.63) is 58.0 Å². The van der Waals surface area contributed by atoms with Crippen molar-refractivity contribution < 1.29 is 4.92 Å². The molecule has 3 aromatic rings. The van der Waals surface area contributed by atoms with E-state index in [1.807, 2.05) is 0 Å². The highest BCUT2D eigenvalue weighted by Crippen LogP contribution is 2.25. The van der Waals surface area contributed by atoms with Crippen LogP contribution >= 0.6 is 11.6 Å². The van der Waals surface area contributed by atoms with Gasteiger partial charge in [0.15, 0.2) is 5.82 Å². The van der Waals surface area contributed by atoms with Gasteiger partial charge in [0, 0.05) is 31.1 Å². The van der Waals surface area contributed by atoms with E-state index in [0.717, 1.165) is 5.69 Å². The Labute approximate surface area is 141 Å². The van der Waals surface area contributed by atoms with Gasteiger partial charge in [0.05, 0.1) is 23.0 Å². The number of benzene rings is 1. The number of rotatable bonds is 5. The third-order valence-electron chi connectivity index (χ3n) is 3.02. The minimum atomic E-state index is -0.469. The predicted octanol–water partition coefficient (Wildman–Crippen LogP) is 3.26. The smallest absolute Gasteiger partial charge is 0.271 e. The van der Waals surface area contributed by atoms with Gasteiger partial charge in [-0.25, -0.2) is 4.98 Å². The normalized spacial score (nSPS) is 10.4. The molecule has 2 aromatic heterocycles. The van der Waals surface area contributed by atoms with E-state index >= 15 is 0 Å². The number of aromatic nitrogens is 4. The molecule has 0 amide bonds. The minimum Gasteiger partial charge on any atom is -0.336 e. The second-order valence-electron chi connectivity index (χ2n) is 4.85. The van der Waals surface area contributed by atoms with Gasteiger partial charge in [0.1, 0.15) is 5.02 Å². The van der Waals surface area contributed by atoms with E-state index in [1.165, 1.54) is 18.3 Å². The molecule has 24 heavy (non-hydrogen) atoms. The molecule has 2 N–H and O–H groups in total. The fourth-order valence-corrected chi connectivity index (χ4v) is 2.10. The van der Waals surface area contributed by atoms with E-state index in [1.54, 1.807) is 36.3 Å². The first-order chi connectivity index (χ1) is 11.5. The van der Waals surface area contributed by atoms with Gasteiger partial charge in [-0.3, -0.25) is 14.8 Å². The quantitative estimate of drug-likeness (QED) is 0.539. The number of anilines is 4. The van der Waals surface area contributed by atoms with Gasteiger partial charge in [-0.1, -0.05) is 17.7 Å². The van der Waals surface area contributed by atoms with Gasteiger partial charge in [-0.15, -0.1) is 0 Å². The standard InChI is InChI=1S/C14H12ClN7O2/c1-21-8-10(6-17-21)18-13-12(15)7-16-14(20-13)19-9-3-2-4-11(5-9)22(23)24/h2-8H,1H3,(H2,16,18,19,20). The molecule has 0 saturated heterocycles. The van der Waals surface area contributed by atoms with Gasteiger partial charge < -0.3 is 10.6 Å². The number of nitro benzene ring substituents is 1. The van der Waals surface area contributed by atoms with Crippen LogP contribution in [-0.2, 0) is 7.05 Å². The van der Waals surface area contributed by atoms with Crippen molar-refractivity contribution in [2.45, 2.75) is 0 Å². The van der Waals surface area contributed by atoms with E-state index in [0.29, 0.717) is 16.5 Å². The van der Waals surface area contributed by atoms with Gasteiger partial charge in [-0.05, 0) is 6.07 Å². The molecule has 9 nitrogen and oxygen atoms in total. The van der Waals surface area contributed by atoms with Crippen LogP contribution in [0.1, 0.15) is 0 Å². The van der Waals surface area contributed by atoms with Crippen LogP contribution in [0.5, 0.6) is 0 Å². The molecule has 0 spiro atoms. The van der Waals surface area contributed by atoms with Crippen molar-refractivity contribution >= 4 is 40.4 Å². The zero-order valence-electron chi connectivity index (χ0n) is 12.5. The highest BCUT2D eigenvalue weighted by atomic mass is 35.5. The number of non-ortho nitro benzene ring substituents is 1. The number of nitrogens with one attached hydrogen (secondary N) is 2. The summed E-state index contributed by atoms with van der Waals surface area (Å²) in [5.41, 5.74) is 1.20. The Bertz CT molecular complexity index is 896. The average Bonchev–Trinajstić information content (AvgIpc) is 2.96. The molecule has 0 radical (unpaired) electrons. The lowest BCUT2D eigenvalue weighted by Crippen LogP contribution is -2.01. The van der Waals surface area contributed by atoms with Crippen LogP contribution in [0, 0.1) is 10.1 Å². The van der Waals surface area contributed by atoms with E-state index in [2.05, 4.69) is 25.7 Å². The molecule has 0 saturated carbocycles. The number of aryl methyl sites for hydroxylation is 1. The second kappa shape index (κ2) is 6.50. The molecule has 0 aliphatic rings. The highest BCUT2D eigenvalue weighted by Gasteiger charge is 2.09. The summed E-state index contributed by atoms with van der Waals surface area (Å²) >= 11 is 6.09. The van der Waals surface area contributed by atoms with Crippen molar-refractivity contribution in [1.29, 1.82) is 0 Å². The molecular formula is C14H12ClN7O2. The summed E-state index contributed by atoms with van der Waals surface area (Å²) in [5, 5.41) is 21.2. The summed E-state index contributed by atoms with van der Waals surface area (Å²) in [6, 6.07) is 6.06. The molecule has 0 atom stereocenters. The third-order valence-corrected chi connectivity index (χ3v) is 3.30. The van der Waals surface area contributed by atoms with E-state index in [9.17, 15) is 10.1 Å². The van der Waals surface area contributed by atoms with Crippen LogP contribution in [0.4, 0.5) is 28.8 Å². The Morgan fingerprint density at radius 1 is 1.25 bits per heavy atom. The molecule has 0 aliphatic heterocycles.